The van der Waals surface area contributed by atoms with Crippen molar-refractivity contribution < 1.29 is 24.2 Å². The van der Waals surface area contributed by atoms with E-state index in [1.807, 2.05) is 0 Å². The number of hydrogen-bond acceptors (Lipinski definition) is 4. The van der Waals surface area contributed by atoms with Gasteiger partial charge in [0.05, 0.1) is 12.5 Å². The van der Waals surface area contributed by atoms with Crippen molar-refractivity contribution in [3.8, 4) is 0 Å². The number of esters is 1. The Morgan fingerprint density at radius 2 is 1.95 bits per heavy atom. The summed E-state index contributed by atoms with van der Waals surface area (Å²) in [7, 11) is 1.28. The average Bonchev–Trinajstić information content (AvgIpc) is 2.99. The van der Waals surface area contributed by atoms with Crippen LogP contribution in [0.2, 0.25) is 0 Å². The number of carboxylic acids is 1. The summed E-state index contributed by atoms with van der Waals surface area (Å²) in [6.45, 7) is 0.703. The fraction of sp³-hybridized carbons (Fsp3) is 0.786. The van der Waals surface area contributed by atoms with Gasteiger partial charge in [0.25, 0.3) is 0 Å². The Balaban J connectivity index is 1.79. The van der Waals surface area contributed by atoms with Gasteiger partial charge in [0.15, 0.2) is 0 Å². The highest BCUT2D eigenvalue weighted by Crippen LogP contribution is 2.53. The summed E-state index contributed by atoms with van der Waals surface area (Å²) in [5.41, 5.74) is -1.81. The molecular formula is C14H19NO5. The van der Waals surface area contributed by atoms with E-state index in [0.29, 0.717) is 25.8 Å². The summed E-state index contributed by atoms with van der Waals surface area (Å²) in [5, 5.41) is 9.52. The second-order valence-corrected chi connectivity index (χ2v) is 6.31. The molecule has 3 aliphatic rings. The Hall–Kier alpha value is -1.59. The minimum atomic E-state index is -1.02. The summed E-state index contributed by atoms with van der Waals surface area (Å²) in [5.74, 6) is -1.50. The highest BCUT2D eigenvalue weighted by atomic mass is 16.5. The smallest absolute Gasteiger partial charge is 0.321 e. The normalized spacial score (nSPS) is 33.6. The lowest BCUT2D eigenvalue weighted by Crippen LogP contribution is -2.42. The van der Waals surface area contributed by atoms with Crippen molar-refractivity contribution >= 4 is 17.8 Å². The SMILES string of the molecule is COC(=O)C1(C(=O)N2C[C@@H]3CCC[C@@]3(C(=O)O)C2)CC1. The molecule has 0 aromatic rings. The number of rotatable bonds is 3. The summed E-state index contributed by atoms with van der Waals surface area (Å²) in [4.78, 5) is 37.5. The van der Waals surface area contributed by atoms with Gasteiger partial charge in [-0.2, -0.15) is 0 Å². The molecule has 6 heteroatoms. The Labute approximate surface area is 117 Å². The van der Waals surface area contributed by atoms with Gasteiger partial charge >= 0.3 is 11.9 Å². The van der Waals surface area contributed by atoms with E-state index < -0.39 is 22.8 Å². The maximum absolute atomic E-state index is 12.6. The maximum atomic E-state index is 12.6. The van der Waals surface area contributed by atoms with Crippen LogP contribution >= 0.6 is 0 Å². The van der Waals surface area contributed by atoms with Crippen LogP contribution in [0.1, 0.15) is 32.1 Å². The Morgan fingerprint density at radius 1 is 1.25 bits per heavy atom. The molecule has 0 spiro atoms. The van der Waals surface area contributed by atoms with E-state index in [0.717, 1.165) is 12.8 Å². The van der Waals surface area contributed by atoms with Gasteiger partial charge in [0.1, 0.15) is 5.41 Å². The van der Waals surface area contributed by atoms with Crippen LogP contribution in [-0.4, -0.2) is 48.1 Å². The highest BCUT2D eigenvalue weighted by molar-refractivity contribution is 6.05. The molecule has 20 heavy (non-hydrogen) atoms. The predicted molar refractivity (Wildman–Crippen MR) is 67.7 cm³/mol. The first-order chi connectivity index (χ1) is 9.46. The van der Waals surface area contributed by atoms with Gasteiger partial charge < -0.3 is 14.7 Å². The summed E-state index contributed by atoms with van der Waals surface area (Å²) >= 11 is 0. The quantitative estimate of drug-likeness (QED) is 0.606. The van der Waals surface area contributed by atoms with Crippen molar-refractivity contribution in [1.29, 1.82) is 0 Å². The molecule has 0 aromatic carbocycles. The van der Waals surface area contributed by atoms with Crippen molar-refractivity contribution in [2.45, 2.75) is 32.1 Å². The molecule has 0 radical (unpaired) electrons. The zero-order valence-corrected chi connectivity index (χ0v) is 11.6. The number of amides is 1. The average molecular weight is 281 g/mol. The van der Waals surface area contributed by atoms with Crippen molar-refractivity contribution in [2.75, 3.05) is 20.2 Å². The molecule has 1 amide bonds. The molecule has 1 aliphatic heterocycles. The van der Waals surface area contributed by atoms with E-state index in [1.54, 1.807) is 4.90 Å². The van der Waals surface area contributed by atoms with Gasteiger partial charge in [-0.1, -0.05) is 6.42 Å². The van der Waals surface area contributed by atoms with Crippen molar-refractivity contribution in [2.24, 2.45) is 16.7 Å². The van der Waals surface area contributed by atoms with E-state index in [2.05, 4.69) is 0 Å². The number of fused-ring (bicyclic) bond motifs is 1. The monoisotopic (exact) mass is 281 g/mol. The van der Waals surface area contributed by atoms with Crippen molar-refractivity contribution in [3.63, 3.8) is 0 Å². The van der Waals surface area contributed by atoms with Gasteiger partial charge in [-0.25, -0.2) is 0 Å². The standard InChI is InChI=1S/C14H19NO5/c1-20-12(19)13(5-6-13)10(16)15-7-9-3-2-4-14(9,8-15)11(17)18/h9H,2-8H2,1H3,(H,17,18)/t9-,14+/m0/s1. The van der Waals surface area contributed by atoms with Crippen LogP contribution in [0.3, 0.4) is 0 Å². The van der Waals surface area contributed by atoms with Crippen molar-refractivity contribution in [1.82, 2.24) is 4.90 Å². The van der Waals surface area contributed by atoms with Crippen LogP contribution in [0.25, 0.3) is 0 Å². The molecule has 2 saturated carbocycles. The van der Waals surface area contributed by atoms with Crippen LogP contribution < -0.4 is 0 Å². The van der Waals surface area contributed by atoms with Gasteiger partial charge in [0.2, 0.25) is 5.91 Å². The molecule has 0 unspecified atom stereocenters. The van der Waals surface area contributed by atoms with Crippen molar-refractivity contribution in [3.05, 3.63) is 0 Å². The molecule has 6 nitrogen and oxygen atoms in total. The number of carboxylic acid groups (broad SMARTS) is 1. The number of nitrogens with zero attached hydrogens (tertiary/aromatic N) is 1. The zero-order chi connectivity index (χ0) is 14.5. The number of methoxy groups -OCH3 is 1. The minimum Gasteiger partial charge on any atom is -0.481 e. The molecule has 2 aliphatic carbocycles. The molecule has 0 bridgehead atoms. The van der Waals surface area contributed by atoms with E-state index in [-0.39, 0.29) is 18.4 Å². The third kappa shape index (κ3) is 1.60. The molecule has 3 fully saturated rings. The number of carbonyl (C=O) groups excluding carboxylic acids is 2. The van der Waals surface area contributed by atoms with Gasteiger partial charge in [0, 0.05) is 13.1 Å². The lowest BCUT2D eigenvalue weighted by atomic mass is 9.81. The predicted octanol–water partition coefficient (Wildman–Crippen LogP) is 0.653. The second-order valence-electron chi connectivity index (χ2n) is 6.31. The summed E-state index contributed by atoms with van der Waals surface area (Å²) < 4.78 is 4.72. The first-order valence-corrected chi connectivity index (χ1v) is 7.07. The third-order valence-corrected chi connectivity index (χ3v) is 5.32. The molecule has 1 heterocycles. The van der Waals surface area contributed by atoms with E-state index >= 15 is 0 Å². The van der Waals surface area contributed by atoms with Crippen LogP contribution in [0.15, 0.2) is 0 Å². The van der Waals surface area contributed by atoms with E-state index in [9.17, 15) is 19.5 Å². The zero-order valence-electron chi connectivity index (χ0n) is 11.6. The van der Waals surface area contributed by atoms with Gasteiger partial charge in [-0.05, 0) is 31.6 Å². The van der Waals surface area contributed by atoms with E-state index in [4.69, 9.17) is 4.74 Å². The topological polar surface area (TPSA) is 83.9 Å². The highest BCUT2D eigenvalue weighted by Gasteiger charge is 2.63. The van der Waals surface area contributed by atoms with Gasteiger partial charge in [-0.15, -0.1) is 0 Å². The Morgan fingerprint density at radius 3 is 2.45 bits per heavy atom. The number of aliphatic carboxylic acids is 1. The maximum Gasteiger partial charge on any atom is 0.321 e. The molecular weight excluding hydrogens is 262 g/mol. The minimum absolute atomic E-state index is 0.0254. The summed E-state index contributed by atoms with van der Waals surface area (Å²) in [6, 6.07) is 0. The van der Waals surface area contributed by atoms with Crippen LogP contribution in [-0.2, 0) is 19.1 Å². The third-order valence-electron chi connectivity index (χ3n) is 5.32. The molecule has 110 valence electrons. The number of carbonyl (C=O) groups is 3. The first kappa shape index (κ1) is 13.4. The van der Waals surface area contributed by atoms with Gasteiger partial charge in [-0.3, -0.25) is 14.4 Å². The molecule has 2 atom stereocenters. The number of hydrogen-bond donors (Lipinski definition) is 1. The fourth-order valence-electron chi connectivity index (χ4n) is 3.92. The molecule has 0 aromatic heterocycles. The molecule has 1 saturated heterocycles. The first-order valence-electron chi connectivity index (χ1n) is 7.07. The van der Waals surface area contributed by atoms with Crippen LogP contribution in [0.5, 0.6) is 0 Å². The summed E-state index contributed by atoms with van der Waals surface area (Å²) in [6.07, 6.45) is 3.41. The Kier molecular flexibility index (Phi) is 2.81. The second kappa shape index (κ2) is 4.20. The molecule has 3 rings (SSSR count). The van der Waals surface area contributed by atoms with E-state index in [1.165, 1.54) is 7.11 Å². The largest absolute Gasteiger partial charge is 0.481 e. The molecule has 1 N–H and O–H groups in total. The fourth-order valence-corrected chi connectivity index (χ4v) is 3.92. The number of likely N-dealkylation sites (tertiary alicyclic amines) is 1. The van der Waals surface area contributed by atoms with Crippen LogP contribution in [0, 0.1) is 16.7 Å². The lowest BCUT2D eigenvalue weighted by molar-refractivity contribution is -0.156. The lowest BCUT2D eigenvalue weighted by Gasteiger charge is -2.25. The van der Waals surface area contributed by atoms with Crippen LogP contribution in [0.4, 0.5) is 0 Å². The Bertz CT molecular complexity index is 484. The number of ether oxygens (including phenoxy) is 1.